The molecule has 1 saturated heterocycles. The van der Waals surface area contributed by atoms with Crippen molar-refractivity contribution in [2.75, 3.05) is 31.6 Å². The first-order valence-corrected chi connectivity index (χ1v) is 7.37. The van der Waals surface area contributed by atoms with E-state index in [1.54, 1.807) is 17.9 Å². The van der Waals surface area contributed by atoms with E-state index in [1.165, 1.54) is 6.07 Å². The summed E-state index contributed by atoms with van der Waals surface area (Å²) in [7, 11) is 0. The van der Waals surface area contributed by atoms with Crippen molar-refractivity contribution in [2.45, 2.75) is 19.9 Å². The van der Waals surface area contributed by atoms with Crippen LogP contribution >= 0.6 is 15.9 Å². The Kier molecular flexibility index (Phi) is 4.99. The van der Waals surface area contributed by atoms with Crippen molar-refractivity contribution < 1.29 is 13.9 Å². The topological polar surface area (TPSA) is 41.6 Å². The molecule has 20 heavy (non-hydrogen) atoms. The highest BCUT2D eigenvalue weighted by Crippen LogP contribution is 2.24. The summed E-state index contributed by atoms with van der Waals surface area (Å²) in [6, 6.07) is 2.71. The standard InChI is InChI=1S/C14H18BrFN2O2/c1-9-7-11(15)12(16)8-13(9)17-10(2)14(19)18-3-5-20-6-4-18/h7-8,10,17H,3-6H2,1-2H3. The minimum absolute atomic E-state index is 0.0102. The molecule has 1 atom stereocenters. The van der Waals surface area contributed by atoms with Gasteiger partial charge in [0, 0.05) is 18.8 Å². The van der Waals surface area contributed by atoms with E-state index in [9.17, 15) is 9.18 Å². The van der Waals surface area contributed by atoms with Crippen LogP contribution in [-0.4, -0.2) is 43.2 Å². The zero-order chi connectivity index (χ0) is 14.7. The van der Waals surface area contributed by atoms with Gasteiger partial charge >= 0.3 is 0 Å². The third-order valence-electron chi connectivity index (χ3n) is 3.33. The molecular formula is C14H18BrFN2O2. The predicted molar refractivity (Wildman–Crippen MR) is 79.3 cm³/mol. The lowest BCUT2D eigenvalue weighted by Crippen LogP contribution is -2.47. The van der Waals surface area contributed by atoms with Gasteiger partial charge in [0.05, 0.1) is 17.7 Å². The lowest BCUT2D eigenvalue weighted by atomic mass is 10.1. The smallest absolute Gasteiger partial charge is 0.244 e. The Balaban J connectivity index is 2.05. The maximum Gasteiger partial charge on any atom is 0.244 e. The molecule has 0 radical (unpaired) electrons. The number of morpholine rings is 1. The molecule has 110 valence electrons. The molecule has 2 rings (SSSR count). The van der Waals surface area contributed by atoms with E-state index in [0.29, 0.717) is 36.5 Å². The number of halogens is 2. The van der Waals surface area contributed by atoms with E-state index < -0.39 is 6.04 Å². The highest BCUT2D eigenvalue weighted by molar-refractivity contribution is 9.10. The second-order valence-electron chi connectivity index (χ2n) is 4.88. The van der Waals surface area contributed by atoms with Crippen molar-refractivity contribution in [1.82, 2.24) is 4.90 Å². The van der Waals surface area contributed by atoms with Crippen LogP contribution in [0, 0.1) is 12.7 Å². The Bertz CT molecular complexity index is 504. The SMILES string of the molecule is Cc1cc(Br)c(F)cc1NC(C)C(=O)N1CCOCC1. The van der Waals surface area contributed by atoms with Crippen molar-refractivity contribution in [1.29, 1.82) is 0 Å². The lowest BCUT2D eigenvalue weighted by Gasteiger charge is -2.30. The molecular weight excluding hydrogens is 327 g/mol. The molecule has 1 aromatic carbocycles. The minimum Gasteiger partial charge on any atom is -0.378 e. The fourth-order valence-corrected chi connectivity index (χ4v) is 2.61. The molecule has 1 heterocycles. The zero-order valence-electron chi connectivity index (χ0n) is 11.6. The van der Waals surface area contributed by atoms with E-state index in [2.05, 4.69) is 21.2 Å². The second kappa shape index (κ2) is 6.54. The Morgan fingerprint density at radius 3 is 2.75 bits per heavy atom. The van der Waals surface area contributed by atoms with Gasteiger partial charge in [0.2, 0.25) is 5.91 Å². The van der Waals surface area contributed by atoms with Gasteiger partial charge in [-0.15, -0.1) is 0 Å². The molecule has 1 aromatic rings. The Labute approximate surface area is 126 Å². The largest absolute Gasteiger partial charge is 0.378 e. The van der Waals surface area contributed by atoms with Gasteiger partial charge in [-0.1, -0.05) is 0 Å². The maximum atomic E-state index is 13.6. The number of rotatable bonds is 3. The number of hydrogen-bond acceptors (Lipinski definition) is 3. The average Bonchev–Trinajstić information content (AvgIpc) is 2.44. The summed E-state index contributed by atoms with van der Waals surface area (Å²) in [6.07, 6.45) is 0. The summed E-state index contributed by atoms with van der Waals surface area (Å²) in [4.78, 5) is 14.0. The first kappa shape index (κ1) is 15.3. The van der Waals surface area contributed by atoms with E-state index in [0.717, 1.165) is 5.56 Å². The molecule has 6 heteroatoms. The molecule has 1 fully saturated rings. The Hall–Kier alpha value is -1.14. The molecule has 1 unspecified atom stereocenters. The van der Waals surface area contributed by atoms with Gasteiger partial charge in [-0.25, -0.2) is 4.39 Å². The van der Waals surface area contributed by atoms with E-state index in [4.69, 9.17) is 4.74 Å². The average molecular weight is 345 g/mol. The first-order chi connectivity index (χ1) is 9.49. The predicted octanol–water partition coefficient (Wildman–Crippen LogP) is 2.56. The molecule has 1 N–H and O–H groups in total. The fourth-order valence-electron chi connectivity index (χ4n) is 2.15. The monoisotopic (exact) mass is 344 g/mol. The summed E-state index contributed by atoms with van der Waals surface area (Å²) >= 11 is 3.15. The van der Waals surface area contributed by atoms with Gasteiger partial charge in [-0.3, -0.25) is 4.79 Å². The number of amides is 1. The number of carbonyl (C=O) groups excluding carboxylic acids is 1. The van der Waals surface area contributed by atoms with Crippen molar-refractivity contribution in [2.24, 2.45) is 0 Å². The van der Waals surface area contributed by atoms with Crippen LogP contribution in [0.25, 0.3) is 0 Å². The van der Waals surface area contributed by atoms with Crippen LogP contribution in [0.4, 0.5) is 10.1 Å². The van der Waals surface area contributed by atoms with Crippen LogP contribution in [0.3, 0.4) is 0 Å². The Morgan fingerprint density at radius 2 is 2.10 bits per heavy atom. The molecule has 0 saturated carbocycles. The molecule has 1 aliphatic heterocycles. The van der Waals surface area contributed by atoms with Crippen molar-refractivity contribution >= 4 is 27.5 Å². The molecule has 0 aromatic heterocycles. The molecule has 1 aliphatic rings. The van der Waals surface area contributed by atoms with Crippen LogP contribution in [0.15, 0.2) is 16.6 Å². The fraction of sp³-hybridized carbons (Fsp3) is 0.500. The number of carbonyl (C=O) groups is 1. The van der Waals surface area contributed by atoms with Crippen molar-refractivity contribution in [3.05, 3.63) is 28.0 Å². The minimum atomic E-state index is -0.396. The van der Waals surface area contributed by atoms with Crippen LogP contribution in [-0.2, 0) is 9.53 Å². The number of benzene rings is 1. The van der Waals surface area contributed by atoms with Crippen LogP contribution in [0.1, 0.15) is 12.5 Å². The summed E-state index contributed by atoms with van der Waals surface area (Å²) in [5.74, 6) is -0.333. The molecule has 0 bridgehead atoms. The molecule has 4 nitrogen and oxygen atoms in total. The summed E-state index contributed by atoms with van der Waals surface area (Å²) in [5, 5.41) is 3.08. The highest BCUT2D eigenvalue weighted by atomic mass is 79.9. The number of hydrogen-bond donors (Lipinski definition) is 1. The number of nitrogens with one attached hydrogen (secondary N) is 1. The van der Waals surface area contributed by atoms with Gasteiger partial charge in [0.25, 0.3) is 0 Å². The quantitative estimate of drug-likeness (QED) is 0.916. The number of aryl methyl sites for hydroxylation is 1. The van der Waals surface area contributed by atoms with E-state index >= 15 is 0 Å². The number of nitrogens with zero attached hydrogens (tertiary/aromatic N) is 1. The van der Waals surface area contributed by atoms with Crippen molar-refractivity contribution in [3.8, 4) is 0 Å². The van der Waals surface area contributed by atoms with Crippen LogP contribution in [0.5, 0.6) is 0 Å². The molecule has 1 amide bonds. The number of ether oxygens (including phenoxy) is 1. The third kappa shape index (κ3) is 3.49. The Morgan fingerprint density at radius 1 is 1.45 bits per heavy atom. The van der Waals surface area contributed by atoms with Gasteiger partial charge in [0.1, 0.15) is 11.9 Å². The van der Waals surface area contributed by atoms with Crippen LogP contribution < -0.4 is 5.32 Å². The van der Waals surface area contributed by atoms with Gasteiger partial charge < -0.3 is 15.0 Å². The van der Waals surface area contributed by atoms with E-state index in [1.807, 2.05) is 6.92 Å². The number of anilines is 1. The highest BCUT2D eigenvalue weighted by Gasteiger charge is 2.22. The first-order valence-electron chi connectivity index (χ1n) is 6.57. The van der Waals surface area contributed by atoms with Crippen molar-refractivity contribution in [3.63, 3.8) is 0 Å². The summed E-state index contributed by atoms with van der Waals surface area (Å²) in [6.45, 7) is 6.03. The maximum absolute atomic E-state index is 13.6. The van der Waals surface area contributed by atoms with E-state index in [-0.39, 0.29) is 11.7 Å². The van der Waals surface area contributed by atoms with Gasteiger partial charge in [-0.2, -0.15) is 0 Å². The van der Waals surface area contributed by atoms with Gasteiger partial charge in [-0.05, 0) is 47.5 Å². The lowest BCUT2D eigenvalue weighted by molar-refractivity contribution is -0.135. The van der Waals surface area contributed by atoms with Crippen LogP contribution in [0.2, 0.25) is 0 Å². The van der Waals surface area contributed by atoms with Gasteiger partial charge in [0.15, 0.2) is 0 Å². The zero-order valence-corrected chi connectivity index (χ0v) is 13.2. The molecule has 0 aliphatic carbocycles. The molecule has 0 spiro atoms. The summed E-state index contributed by atoms with van der Waals surface area (Å²) < 4.78 is 19.2. The second-order valence-corrected chi connectivity index (χ2v) is 5.74. The summed E-state index contributed by atoms with van der Waals surface area (Å²) in [5.41, 5.74) is 1.53. The normalized spacial score (nSPS) is 16.9. The third-order valence-corrected chi connectivity index (χ3v) is 3.94.